The molecule has 3 rings (SSSR count). The van der Waals surface area contributed by atoms with E-state index in [0.717, 1.165) is 22.5 Å². The molecule has 0 bridgehead atoms. The topological polar surface area (TPSA) is 62.6 Å². The van der Waals surface area contributed by atoms with Crippen molar-refractivity contribution in [1.29, 1.82) is 0 Å². The molecule has 1 aliphatic rings. The van der Waals surface area contributed by atoms with Gasteiger partial charge in [0.25, 0.3) is 0 Å². The maximum atomic E-state index is 13.1. The van der Waals surface area contributed by atoms with Crippen molar-refractivity contribution in [3.05, 3.63) is 39.7 Å². The van der Waals surface area contributed by atoms with E-state index in [1.54, 1.807) is 18.9 Å². The largest absolute Gasteiger partial charge is 0.495 e. The number of amides is 1. The van der Waals surface area contributed by atoms with Gasteiger partial charge in [-0.05, 0) is 32.0 Å². The third kappa shape index (κ3) is 5.55. The molecule has 2 aromatic rings. The zero-order valence-corrected chi connectivity index (χ0v) is 20.0. The number of rotatable bonds is 7. The minimum absolute atomic E-state index is 0.0463. The number of benzene rings is 1. The third-order valence-electron chi connectivity index (χ3n) is 5.95. The molecule has 11 heteroatoms. The number of piperazine rings is 1. The van der Waals surface area contributed by atoms with Crippen molar-refractivity contribution in [3.63, 3.8) is 0 Å². The number of alkyl halides is 3. The van der Waals surface area contributed by atoms with Gasteiger partial charge < -0.3 is 19.9 Å². The molecule has 0 unspecified atom stereocenters. The summed E-state index contributed by atoms with van der Waals surface area (Å²) in [6.07, 6.45) is -4.54. The lowest BCUT2D eigenvalue weighted by atomic mass is 10.1. The van der Waals surface area contributed by atoms with Crippen molar-refractivity contribution in [2.24, 2.45) is 0 Å². The fourth-order valence-electron chi connectivity index (χ4n) is 3.92. The Morgan fingerprint density at radius 3 is 2.42 bits per heavy atom. The van der Waals surface area contributed by atoms with Crippen molar-refractivity contribution in [3.8, 4) is 5.75 Å². The van der Waals surface area contributed by atoms with Gasteiger partial charge in [0, 0.05) is 55.7 Å². The van der Waals surface area contributed by atoms with E-state index in [4.69, 9.17) is 16.3 Å². The quantitative estimate of drug-likeness (QED) is 0.646. The molecule has 33 heavy (non-hydrogen) atoms. The van der Waals surface area contributed by atoms with Gasteiger partial charge in [-0.25, -0.2) is 0 Å². The zero-order chi connectivity index (χ0) is 24.3. The van der Waals surface area contributed by atoms with Gasteiger partial charge in [-0.3, -0.25) is 9.48 Å². The van der Waals surface area contributed by atoms with E-state index in [-0.39, 0.29) is 18.0 Å². The zero-order valence-electron chi connectivity index (χ0n) is 19.2. The number of ether oxygens (including phenoxy) is 1. The number of aromatic nitrogens is 2. The Morgan fingerprint density at radius 2 is 1.88 bits per heavy atom. The smallest absolute Gasteiger partial charge is 0.435 e. The first-order valence-corrected chi connectivity index (χ1v) is 11.2. The number of anilines is 1. The molecule has 1 aliphatic heterocycles. The van der Waals surface area contributed by atoms with Gasteiger partial charge in [0.15, 0.2) is 5.69 Å². The summed E-state index contributed by atoms with van der Waals surface area (Å²) in [4.78, 5) is 16.6. The number of nitrogens with one attached hydrogen (secondary N) is 1. The van der Waals surface area contributed by atoms with Crippen LogP contribution in [0.3, 0.4) is 0 Å². The second-order valence-electron chi connectivity index (χ2n) is 7.98. The number of nitrogens with zero attached hydrogens (tertiary/aromatic N) is 4. The Labute approximate surface area is 196 Å². The molecular weight excluding hydrogens is 459 g/mol. The van der Waals surface area contributed by atoms with Crippen LogP contribution in [0.2, 0.25) is 5.02 Å². The number of hydrogen-bond acceptors (Lipinski definition) is 5. The molecule has 0 aliphatic carbocycles. The molecule has 0 atom stereocenters. The maximum Gasteiger partial charge on any atom is 0.435 e. The van der Waals surface area contributed by atoms with Crippen LogP contribution in [0.25, 0.3) is 0 Å². The van der Waals surface area contributed by atoms with Crippen LogP contribution in [0.4, 0.5) is 18.9 Å². The SMILES string of the molecule is CCNCc1cc(Cl)c(OC)cc1N1CCN(C(=O)Cn2nc(C(F)(F)F)c(C)c2C)CC1. The highest BCUT2D eigenvalue weighted by molar-refractivity contribution is 6.32. The number of carbonyl (C=O) groups is 1. The second kappa shape index (κ2) is 10.2. The summed E-state index contributed by atoms with van der Waals surface area (Å²) in [5.41, 5.74) is 1.46. The van der Waals surface area contributed by atoms with Crippen LogP contribution >= 0.6 is 11.6 Å². The molecule has 1 N–H and O–H groups in total. The lowest BCUT2D eigenvalue weighted by Gasteiger charge is -2.37. The number of halogens is 4. The van der Waals surface area contributed by atoms with Gasteiger partial charge >= 0.3 is 6.18 Å². The summed E-state index contributed by atoms with van der Waals surface area (Å²) in [5.74, 6) is 0.325. The highest BCUT2D eigenvalue weighted by Gasteiger charge is 2.37. The Kier molecular flexibility index (Phi) is 7.79. The average molecular weight is 488 g/mol. The van der Waals surface area contributed by atoms with Gasteiger partial charge in [0.05, 0.1) is 12.1 Å². The molecule has 1 amide bonds. The molecule has 1 aromatic carbocycles. The molecule has 0 spiro atoms. The van der Waals surface area contributed by atoms with Gasteiger partial charge in [0.2, 0.25) is 5.91 Å². The van der Waals surface area contributed by atoms with Gasteiger partial charge in [0.1, 0.15) is 12.3 Å². The summed E-state index contributed by atoms with van der Waals surface area (Å²) in [5, 5.41) is 7.48. The van der Waals surface area contributed by atoms with Crippen molar-refractivity contribution < 1.29 is 22.7 Å². The van der Waals surface area contributed by atoms with Crippen molar-refractivity contribution in [2.45, 2.75) is 40.0 Å². The number of carbonyl (C=O) groups excluding carboxylic acids is 1. The molecular formula is C22H29ClF3N5O2. The van der Waals surface area contributed by atoms with Crippen molar-refractivity contribution in [1.82, 2.24) is 20.0 Å². The normalized spacial score (nSPS) is 14.7. The third-order valence-corrected chi connectivity index (χ3v) is 6.25. The Hall–Kier alpha value is -2.46. The van der Waals surface area contributed by atoms with E-state index < -0.39 is 11.9 Å². The van der Waals surface area contributed by atoms with Gasteiger partial charge in [-0.1, -0.05) is 18.5 Å². The molecule has 1 saturated heterocycles. The minimum Gasteiger partial charge on any atom is -0.495 e. The summed E-state index contributed by atoms with van der Waals surface area (Å²) in [6.45, 7) is 8.26. The second-order valence-corrected chi connectivity index (χ2v) is 8.39. The van der Waals surface area contributed by atoms with E-state index in [9.17, 15) is 18.0 Å². The summed E-state index contributed by atoms with van der Waals surface area (Å²) in [7, 11) is 1.56. The standard InChI is InChI=1S/C22H29ClF3N5O2/c1-5-27-12-16-10-17(23)19(33-4)11-18(16)29-6-8-30(9-7-29)20(32)13-31-15(3)14(2)21(28-31)22(24,25)26/h10-11,27H,5-9,12-13H2,1-4H3. The highest BCUT2D eigenvalue weighted by Crippen LogP contribution is 2.34. The van der Waals surface area contributed by atoms with Crippen LogP contribution in [0.5, 0.6) is 5.75 Å². The first kappa shape index (κ1) is 25.2. The fourth-order valence-corrected chi connectivity index (χ4v) is 4.18. The van der Waals surface area contributed by atoms with Crippen LogP contribution in [0, 0.1) is 13.8 Å². The first-order chi connectivity index (χ1) is 15.6. The number of methoxy groups -OCH3 is 1. The predicted molar refractivity (Wildman–Crippen MR) is 121 cm³/mol. The molecule has 2 heterocycles. The molecule has 1 fully saturated rings. The van der Waals surface area contributed by atoms with E-state index in [0.29, 0.717) is 49.2 Å². The van der Waals surface area contributed by atoms with E-state index in [1.165, 1.54) is 6.92 Å². The van der Waals surface area contributed by atoms with Crippen LogP contribution in [0.15, 0.2) is 12.1 Å². The monoisotopic (exact) mass is 487 g/mol. The van der Waals surface area contributed by atoms with E-state index in [1.807, 2.05) is 19.1 Å². The summed E-state index contributed by atoms with van der Waals surface area (Å²) < 4.78 is 45.9. The van der Waals surface area contributed by atoms with Crippen molar-refractivity contribution >= 4 is 23.2 Å². The first-order valence-electron chi connectivity index (χ1n) is 10.8. The van der Waals surface area contributed by atoms with Crippen molar-refractivity contribution in [2.75, 3.05) is 44.7 Å². The molecule has 0 saturated carbocycles. The van der Waals surface area contributed by atoms with Crippen LogP contribution in [0.1, 0.15) is 29.4 Å². The van der Waals surface area contributed by atoms with Gasteiger partial charge in [-0.2, -0.15) is 18.3 Å². The van der Waals surface area contributed by atoms with E-state index >= 15 is 0 Å². The molecule has 1 aromatic heterocycles. The predicted octanol–water partition coefficient (Wildman–Crippen LogP) is 3.64. The van der Waals surface area contributed by atoms with Gasteiger partial charge in [-0.15, -0.1) is 0 Å². The van der Waals surface area contributed by atoms with E-state index in [2.05, 4.69) is 15.3 Å². The maximum absolute atomic E-state index is 13.1. The highest BCUT2D eigenvalue weighted by atomic mass is 35.5. The number of hydrogen-bond donors (Lipinski definition) is 1. The average Bonchev–Trinajstić information content (AvgIpc) is 3.06. The Balaban J connectivity index is 1.70. The summed E-state index contributed by atoms with van der Waals surface area (Å²) >= 11 is 6.31. The lowest BCUT2D eigenvalue weighted by Crippen LogP contribution is -2.50. The van der Waals surface area contributed by atoms with Crippen LogP contribution in [-0.4, -0.2) is 60.4 Å². The fraction of sp³-hybridized carbons (Fsp3) is 0.545. The van der Waals surface area contributed by atoms with Crippen LogP contribution < -0.4 is 15.0 Å². The lowest BCUT2D eigenvalue weighted by molar-refractivity contribution is -0.142. The molecule has 7 nitrogen and oxygen atoms in total. The Bertz CT molecular complexity index is 1000. The molecule has 182 valence electrons. The van der Waals surface area contributed by atoms with Crippen LogP contribution in [-0.2, 0) is 24.1 Å². The Morgan fingerprint density at radius 1 is 1.21 bits per heavy atom. The minimum atomic E-state index is -4.54. The summed E-state index contributed by atoms with van der Waals surface area (Å²) in [6, 6.07) is 3.79. The molecule has 0 radical (unpaired) electrons.